The van der Waals surface area contributed by atoms with Crippen molar-refractivity contribution in [3.05, 3.63) is 255 Å². The normalized spacial score (nSPS) is 11.7. The average molecular weight is 927 g/mol. The van der Waals surface area contributed by atoms with Gasteiger partial charge >= 0.3 is 0 Å². The number of para-hydroxylation sites is 2. The van der Waals surface area contributed by atoms with Crippen LogP contribution in [0.4, 0.5) is 34.1 Å². The molecule has 334 valence electrons. The van der Waals surface area contributed by atoms with E-state index in [2.05, 4.69) is 240 Å². The number of nitrogens with zero attached hydrogens (tertiary/aromatic N) is 2. The molecule has 11 aromatic carbocycles. The van der Waals surface area contributed by atoms with Crippen molar-refractivity contribution in [1.82, 2.24) is 0 Å². The second-order valence-electron chi connectivity index (χ2n) is 18.1. The highest BCUT2D eigenvalue weighted by molar-refractivity contribution is 7.26. The minimum atomic E-state index is 0.847. The van der Waals surface area contributed by atoms with Gasteiger partial charge in [0.05, 0.1) is 10.4 Å². The van der Waals surface area contributed by atoms with Gasteiger partial charge in [-0.25, -0.2) is 0 Å². The van der Waals surface area contributed by atoms with Crippen LogP contribution in [0.15, 0.2) is 264 Å². The summed E-state index contributed by atoms with van der Waals surface area (Å²) in [5, 5.41) is 6.94. The zero-order valence-corrected chi connectivity index (χ0v) is 39.2. The summed E-state index contributed by atoms with van der Waals surface area (Å²) in [6.45, 7) is 0. The van der Waals surface area contributed by atoms with Gasteiger partial charge in [-0.15, -0.1) is 11.3 Å². The molecule has 0 unspecified atom stereocenters. The number of fused-ring (bicyclic) bond motifs is 9. The van der Waals surface area contributed by atoms with Crippen molar-refractivity contribution >= 4 is 110 Å². The molecule has 0 radical (unpaired) electrons. The van der Waals surface area contributed by atoms with Gasteiger partial charge in [0.25, 0.3) is 0 Å². The second-order valence-corrected chi connectivity index (χ2v) is 19.1. The maximum absolute atomic E-state index is 6.51. The Kier molecular flexibility index (Phi) is 9.68. The molecule has 0 aliphatic carbocycles. The lowest BCUT2D eigenvalue weighted by molar-refractivity contribution is 0.668. The van der Waals surface area contributed by atoms with Crippen LogP contribution in [-0.2, 0) is 0 Å². The first-order valence-corrected chi connectivity index (χ1v) is 24.8. The molecule has 0 amide bonds. The fourth-order valence-corrected chi connectivity index (χ4v) is 11.7. The van der Waals surface area contributed by atoms with E-state index < -0.39 is 0 Å². The maximum atomic E-state index is 6.51. The lowest BCUT2D eigenvalue weighted by Gasteiger charge is -2.27. The molecule has 4 nitrogen and oxygen atoms in total. The minimum Gasteiger partial charge on any atom is -0.456 e. The lowest BCUT2D eigenvalue weighted by atomic mass is 9.99. The first-order chi connectivity index (χ1) is 35.2. The third kappa shape index (κ3) is 7.13. The molecule has 0 aliphatic rings. The third-order valence-electron chi connectivity index (χ3n) is 13.8. The Morgan fingerprint density at radius 2 is 0.662 bits per heavy atom. The van der Waals surface area contributed by atoms with E-state index in [0.29, 0.717) is 0 Å². The van der Waals surface area contributed by atoms with Crippen LogP contribution in [-0.4, -0.2) is 0 Å². The molecule has 0 saturated carbocycles. The second kappa shape index (κ2) is 16.8. The number of thiophene rings is 1. The predicted molar refractivity (Wildman–Crippen MR) is 300 cm³/mol. The van der Waals surface area contributed by atoms with Crippen LogP contribution < -0.4 is 9.80 Å². The number of hydrogen-bond acceptors (Lipinski definition) is 5. The Morgan fingerprint density at radius 3 is 1.27 bits per heavy atom. The van der Waals surface area contributed by atoms with E-state index in [4.69, 9.17) is 8.83 Å². The molecule has 0 N–H and O–H groups in total. The summed E-state index contributed by atoms with van der Waals surface area (Å²) in [4.78, 5) is 4.74. The van der Waals surface area contributed by atoms with Gasteiger partial charge in [0.2, 0.25) is 0 Å². The third-order valence-corrected chi connectivity index (χ3v) is 15.0. The maximum Gasteiger partial charge on any atom is 0.137 e. The molecule has 5 heteroatoms. The van der Waals surface area contributed by atoms with Crippen molar-refractivity contribution < 1.29 is 8.83 Å². The van der Waals surface area contributed by atoms with Crippen LogP contribution in [0.1, 0.15) is 0 Å². The highest BCUT2D eigenvalue weighted by atomic mass is 32.1. The van der Waals surface area contributed by atoms with Crippen LogP contribution >= 0.6 is 11.3 Å². The fourth-order valence-electron chi connectivity index (χ4n) is 10.4. The first kappa shape index (κ1) is 40.9. The fraction of sp³-hybridized carbons (Fsp3) is 0. The Bertz CT molecular complexity index is 4320. The van der Waals surface area contributed by atoms with Crippen molar-refractivity contribution in [3.63, 3.8) is 0 Å². The molecule has 0 saturated heterocycles. The number of benzene rings is 11. The van der Waals surface area contributed by atoms with Crippen LogP contribution in [0.3, 0.4) is 0 Å². The quantitative estimate of drug-likeness (QED) is 0.144. The Labute approximate surface area is 414 Å². The van der Waals surface area contributed by atoms with Crippen LogP contribution in [0.25, 0.3) is 97.4 Å². The number of rotatable bonds is 9. The Hall–Kier alpha value is -9.16. The largest absolute Gasteiger partial charge is 0.456 e. The molecular formula is C66H42N2O2S. The van der Waals surface area contributed by atoms with Crippen molar-refractivity contribution in [1.29, 1.82) is 0 Å². The summed E-state index contributed by atoms with van der Waals surface area (Å²) in [5.74, 6) is 0. The summed E-state index contributed by atoms with van der Waals surface area (Å²) in [7, 11) is 0. The number of anilines is 6. The zero-order valence-electron chi connectivity index (χ0n) is 38.4. The summed E-state index contributed by atoms with van der Waals surface area (Å²) < 4.78 is 15.5. The molecule has 0 spiro atoms. The van der Waals surface area contributed by atoms with E-state index in [9.17, 15) is 0 Å². The minimum absolute atomic E-state index is 0.847. The van der Waals surface area contributed by atoms with E-state index in [1.165, 1.54) is 31.3 Å². The Morgan fingerprint density at radius 1 is 0.254 bits per heavy atom. The molecule has 0 atom stereocenters. The van der Waals surface area contributed by atoms with E-state index in [0.717, 1.165) is 100 Å². The molecule has 14 rings (SSSR count). The smallest absolute Gasteiger partial charge is 0.137 e. The summed E-state index contributed by atoms with van der Waals surface area (Å²) in [5.41, 5.74) is 16.6. The molecule has 0 aliphatic heterocycles. The summed E-state index contributed by atoms with van der Waals surface area (Å²) >= 11 is 1.84. The Balaban J connectivity index is 0.902. The van der Waals surface area contributed by atoms with Crippen molar-refractivity contribution in [2.24, 2.45) is 0 Å². The SMILES string of the molecule is c1ccc(-c2ccc(-c3cccc(N(c4cccc(-c5cccc(N(c6ccc7c(c6)oc6ccccc67)c6cccc7c6sc6ccccc67)c5)c4)c4ccc5c(c4)oc4ccccc45)c3)cc2)cc1. The monoisotopic (exact) mass is 926 g/mol. The van der Waals surface area contributed by atoms with Crippen molar-refractivity contribution in [3.8, 4) is 33.4 Å². The van der Waals surface area contributed by atoms with Gasteiger partial charge < -0.3 is 18.6 Å². The van der Waals surface area contributed by atoms with Crippen molar-refractivity contribution in [2.45, 2.75) is 0 Å². The zero-order chi connectivity index (χ0) is 46.8. The topological polar surface area (TPSA) is 32.8 Å². The van der Waals surface area contributed by atoms with Gasteiger partial charge in [0.15, 0.2) is 0 Å². The number of furan rings is 2. The predicted octanol–water partition coefficient (Wildman–Crippen LogP) is 19.8. The van der Waals surface area contributed by atoms with Gasteiger partial charge in [-0.2, -0.15) is 0 Å². The van der Waals surface area contributed by atoms with E-state index >= 15 is 0 Å². The summed E-state index contributed by atoms with van der Waals surface area (Å²) in [6.07, 6.45) is 0. The van der Waals surface area contributed by atoms with Gasteiger partial charge in [0.1, 0.15) is 22.3 Å². The van der Waals surface area contributed by atoms with Gasteiger partial charge in [-0.3, -0.25) is 0 Å². The first-order valence-electron chi connectivity index (χ1n) is 24.0. The molecular weight excluding hydrogens is 885 g/mol. The molecule has 3 heterocycles. The number of hydrogen-bond donors (Lipinski definition) is 0. The van der Waals surface area contributed by atoms with E-state index in [1.54, 1.807) is 0 Å². The molecule has 3 aromatic heterocycles. The molecule has 0 bridgehead atoms. The van der Waals surface area contributed by atoms with Crippen LogP contribution in [0, 0.1) is 0 Å². The van der Waals surface area contributed by atoms with E-state index in [-0.39, 0.29) is 0 Å². The molecule has 71 heavy (non-hydrogen) atoms. The van der Waals surface area contributed by atoms with Gasteiger partial charge in [-0.1, -0.05) is 158 Å². The van der Waals surface area contributed by atoms with Crippen molar-refractivity contribution in [2.75, 3.05) is 9.80 Å². The molecule has 0 fully saturated rings. The average Bonchev–Trinajstić information content (AvgIpc) is 4.13. The van der Waals surface area contributed by atoms with Gasteiger partial charge in [0, 0.05) is 77.6 Å². The highest BCUT2D eigenvalue weighted by Gasteiger charge is 2.22. The lowest BCUT2D eigenvalue weighted by Crippen LogP contribution is -2.10. The van der Waals surface area contributed by atoms with E-state index in [1.807, 2.05) is 35.6 Å². The summed E-state index contributed by atoms with van der Waals surface area (Å²) in [6, 6.07) is 91.2. The standard InChI is InChI=1S/C66H42N2O2S/c1-2-14-43(15-3-1)44-30-32-45(33-31-44)46-16-10-19-49(38-46)67(52-34-36-56-54-22-4-7-27-61(54)69-63(56)41-52)50-20-11-17-47(39-50)48-18-12-21-51(40-48)68(53-35-37-57-55-23-5-8-28-62(55)70-64(57)42-53)60-26-13-25-59-58-24-6-9-29-65(58)71-66(59)60/h1-42H. The highest BCUT2D eigenvalue weighted by Crippen LogP contribution is 2.47. The van der Waals surface area contributed by atoms with Gasteiger partial charge in [-0.05, 0) is 118 Å². The van der Waals surface area contributed by atoms with Crippen LogP contribution in [0.5, 0.6) is 0 Å². The molecule has 14 aromatic rings. The van der Waals surface area contributed by atoms with Crippen LogP contribution in [0.2, 0.25) is 0 Å².